The number of hydrogen-bond donors (Lipinski definition) is 3. The number of benzene rings is 1. The second-order valence-corrected chi connectivity index (χ2v) is 10.7. The van der Waals surface area contributed by atoms with Crippen LogP contribution in [0.15, 0.2) is 18.2 Å². The van der Waals surface area contributed by atoms with Crippen LogP contribution >= 0.6 is 0 Å². The number of nitro groups is 1. The summed E-state index contributed by atoms with van der Waals surface area (Å²) in [5, 5.41) is 17.1. The first-order valence-corrected chi connectivity index (χ1v) is 12.8. The first-order valence-electron chi connectivity index (χ1n) is 12.8. The van der Waals surface area contributed by atoms with E-state index in [4.69, 9.17) is 0 Å². The zero-order valence-electron chi connectivity index (χ0n) is 20.5. The summed E-state index contributed by atoms with van der Waals surface area (Å²) < 4.78 is 0. The van der Waals surface area contributed by atoms with E-state index in [1.165, 1.54) is 18.2 Å². The van der Waals surface area contributed by atoms with E-state index >= 15 is 0 Å². The van der Waals surface area contributed by atoms with E-state index in [1.54, 1.807) is 0 Å². The zero-order valence-corrected chi connectivity index (χ0v) is 20.5. The van der Waals surface area contributed by atoms with Gasteiger partial charge in [0.2, 0.25) is 11.8 Å². The van der Waals surface area contributed by atoms with Crippen molar-refractivity contribution in [3.8, 4) is 0 Å². The van der Waals surface area contributed by atoms with Gasteiger partial charge in [-0.05, 0) is 55.9 Å². The van der Waals surface area contributed by atoms with Crippen LogP contribution in [0.2, 0.25) is 0 Å². The fourth-order valence-corrected chi connectivity index (χ4v) is 6.21. The zero-order chi connectivity index (χ0) is 25.6. The average molecular weight is 497 g/mol. The minimum atomic E-state index is -0.586. The minimum absolute atomic E-state index is 0.0315. The molecule has 3 aliphatic rings. The number of nitrogens with zero attached hydrogens (tertiary/aromatic N) is 3. The van der Waals surface area contributed by atoms with Crippen LogP contribution in [-0.2, 0) is 9.59 Å². The third-order valence-corrected chi connectivity index (χ3v) is 8.06. The number of aromatic nitrogens is 2. The molecule has 2 heterocycles. The smallest absolute Gasteiger partial charge is 0.287 e. The lowest BCUT2D eigenvalue weighted by atomic mass is 9.83. The van der Waals surface area contributed by atoms with Crippen molar-refractivity contribution in [1.82, 2.24) is 25.5 Å². The highest BCUT2D eigenvalue weighted by Gasteiger charge is 2.52. The van der Waals surface area contributed by atoms with Crippen molar-refractivity contribution in [1.29, 1.82) is 0 Å². The highest BCUT2D eigenvalue weighted by Crippen LogP contribution is 2.48. The lowest BCUT2D eigenvalue weighted by Crippen LogP contribution is -2.56. The van der Waals surface area contributed by atoms with E-state index in [0.717, 1.165) is 45.2 Å². The molecule has 2 bridgehead atoms. The normalized spacial score (nSPS) is 25.9. The van der Waals surface area contributed by atoms with Crippen LogP contribution in [-0.4, -0.2) is 62.7 Å². The molecule has 36 heavy (non-hydrogen) atoms. The van der Waals surface area contributed by atoms with E-state index in [0.29, 0.717) is 11.0 Å². The predicted octanol–water partition coefficient (Wildman–Crippen LogP) is 2.38. The Labute approximate surface area is 208 Å². The number of imidazole rings is 1. The number of likely N-dealkylation sites (tertiary alicyclic amines) is 1. The summed E-state index contributed by atoms with van der Waals surface area (Å²) in [5.74, 6) is -0.719. The number of H-pyrrole nitrogens is 1. The summed E-state index contributed by atoms with van der Waals surface area (Å²) in [4.78, 5) is 59.2. The number of rotatable bonds is 7. The Balaban J connectivity index is 1.31. The lowest BCUT2D eigenvalue weighted by Gasteiger charge is -2.33. The van der Waals surface area contributed by atoms with Crippen LogP contribution in [0.1, 0.15) is 56.6 Å². The number of aromatic amines is 1. The summed E-state index contributed by atoms with van der Waals surface area (Å²) in [6, 6.07) is 3.25. The first kappa shape index (κ1) is 24.2. The number of carbonyl (C=O) groups excluding carboxylic acids is 3. The van der Waals surface area contributed by atoms with Crippen LogP contribution < -0.4 is 10.6 Å². The second-order valence-electron chi connectivity index (χ2n) is 10.7. The van der Waals surface area contributed by atoms with Crippen molar-refractivity contribution in [3.63, 3.8) is 0 Å². The molecule has 2 aliphatic carbocycles. The molecule has 5 atom stereocenters. The number of non-ortho nitro benzene ring substituents is 1. The maximum atomic E-state index is 13.5. The van der Waals surface area contributed by atoms with Crippen molar-refractivity contribution in [2.45, 2.75) is 58.0 Å². The molecule has 3 amide bonds. The standard InChI is InChI=1S/C25H32N6O5/c1-13(2)20(25(34)30-9-3-4-10-30)28-23(32)19-14-5-6-15(11-14)21(19)29-24(33)22-26-17-8-7-16(31(35)36)12-18(17)27-22/h7-8,12-15,19-21H,3-6,9-11H2,1-2H3,(H,26,27)(H,28,32)(H,29,33)/t14-,15+,19+,20?,21+/m0/s1. The first-order chi connectivity index (χ1) is 17.2. The van der Waals surface area contributed by atoms with Crippen LogP contribution in [0.3, 0.4) is 0 Å². The van der Waals surface area contributed by atoms with Gasteiger partial charge in [0.05, 0.1) is 21.9 Å². The molecule has 1 aromatic heterocycles. The number of amides is 3. The summed E-state index contributed by atoms with van der Waals surface area (Å²) >= 11 is 0. The molecule has 5 rings (SSSR count). The molecule has 11 nitrogen and oxygen atoms in total. The molecule has 1 unspecified atom stereocenters. The molecule has 1 aromatic carbocycles. The van der Waals surface area contributed by atoms with E-state index < -0.39 is 22.8 Å². The molecule has 2 saturated carbocycles. The lowest BCUT2D eigenvalue weighted by molar-refractivity contribution is -0.384. The number of nitrogens with one attached hydrogen (secondary N) is 3. The Kier molecular flexibility index (Phi) is 6.40. The van der Waals surface area contributed by atoms with Gasteiger partial charge in [-0.1, -0.05) is 13.8 Å². The highest BCUT2D eigenvalue weighted by atomic mass is 16.6. The Bertz CT molecular complexity index is 1200. The van der Waals surface area contributed by atoms with Crippen molar-refractivity contribution >= 4 is 34.4 Å². The molecule has 3 fully saturated rings. The van der Waals surface area contributed by atoms with Crippen molar-refractivity contribution < 1.29 is 19.3 Å². The summed E-state index contributed by atoms with van der Waals surface area (Å²) in [6.45, 7) is 5.33. The topological polar surface area (TPSA) is 150 Å². The summed E-state index contributed by atoms with van der Waals surface area (Å²) in [7, 11) is 0. The predicted molar refractivity (Wildman–Crippen MR) is 131 cm³/mol. The highest BCUT2D eigenvalue weighted by molar-refractivity contribution is 5.95. The molecule has 192 valence electrons. The SMILES string of the molecule is CC(C)C(NC(=O)[C@@H]1[C@H]2CC[C@H](C2)[C@H]1NC(=O)c1nc2ccc([N+](=O)[O-])cc2[nH]1)C(=O)N1CCCC1. The average Bonchev–Trinajstić information content (AvgIpc) is 3.64. The van der Waals surface area contributed by atoms with E-state index in [2.05, 4.69) is 20.6 Å². The van der Waals surface area contributed by atoms with Gasteiger partial charge in [-0.25, -0.2) is 4.98 Å². The van der Waals surface area contributed by atoms with Gasteiger partial charge in [-0.2, -0.15) is 0 Å². The summed E-state index contributed by atoms with van der Waals surface area (Å²) in [5.41, 5.74) is 0.760. The molecule has 0 spiro atoms. The Morgan fingerprint density at radius 3 is 2.58 bits per heavy atom. The number of fused-ring (bicyclic) bond motifs is 3. The molecule has 0 radical (unpaired) electrons. The van der Waals surface area contributed by atoms with E-state index in [-0.39, 0.29) is 47.1 Å². The van der Waals surface area contributed by atoms with Gasteiger partial charge >= 0.3 is 0 Å². The monoisotopic (exact) mass is 496 g/mol. The Morgan fingerprint density at radius 2 is 1.89 bits per heavy atom. The minimum Gasteiger partial charge on any atom is -0.346 e. The Hall–Kier alpha value is -3.50. The van der Waals surface area contributed by atoms with Crippen LogP contribution in [0, 0.1) is 33.8 Å². The van der Waals surface area contributed by atoms with Gasteiger partial charge in [0, 0.05) is 31.3 Å². The van der Waals surface area contributed by atoms with Crippen molar-refractivity contribution in [3.05, 3.63) is 34.1 Å². The number of nitro benzene ring substituents is 1. The van der Waals surface area contributed by atoms with Crippen LogP contribution in [0.25, 0.3) is 11.0 Å². The van der Waals surface area contributed by atoms with Gasteiger partial charge in [-0.3, -0.25) is 24.5 Å². The third kappa shape index (κ3) is 4.42. The van der Waals surface area contributed by atoms with E-state index in [9.17, 15) is 24.5 Å². The van der Waals surface area contributed by atoms with Gasteiger partial charge in [0.1, 0.15) is 6.04 Å². The third-order valence-electron chi connectivity index (χ3n) is 8.06. The maximum absolute atomic E-state index is 13.5. The van der Waals surface area contributed by atoms with Gasteiger partial charge < -0.3 is 20.5 Å². The van der Waals surface area contributed by atoms with Crippen molar-refractivity contribution in [2.24, 2.45) is 23.7 Å². The number of carbonyl (C=O) groups is 3. The maximum Gasteiger partial charge on any atom is 0.287 e. The molecule has 2 aromatic rings. The number of hydrogen-bond acceptors (Lipinski definition) is 6. The fraction of sp³-hybridized carbons (Fsp3) is 0.600. The second kappa shape index (κ2) is 9.51. The van der Waals surface area contributed by atoms with Gasteiger partial charge in [-0.15, -0.1) is 0 Å². The molecule has 1 saturated heterocycles. The van der Waals surface area contributed by atoms with Crippen LogP contribution in [0.4, 0.5) is 5.69 Å². The van der Waals surface area contributed by atoms with Crippen molar-refractivity contribution in [2.75, 3.05) is 13.1 Å². The Morgan fingerprint density at radius 1 is 1.17 bits per heavy atom. The largest absolute Gasteiger partial charge is 0.346 e. The fourth-order valence-electron chi connectivity index (χ4n) is 6.21. The van der Waals surface area contributed by atoms with Crippen LogP contribution in [0.5, 0.6) is 0 Å². The molecular weight excluding hydrogens is 464 g/mol. The molecule has 1 aliphatic heterocycles. The van der Waals surface area contributed by atoms with Gasteiger partial charge in [0.25, 0.3) is 11.6 Å². The summed E-state index contributed by atoms with van der Waals surface area (Å²) in [6.07, 6.45) is 4.70. The molecular formula is C25H32N6O5. The van der Waals surface area contributed by atoms with Gasteiger partial charge in [0.15, 0.2) is 5.82 Å². The van der Waals surface area contributed by atoms with E-state index in [1.807, 2.05) is 18.7 Å². The molecule has 3 N–H and O–H groups in total. The molecule has 11 heteroatoms. The quantitative estimate of drug-likeness (QED) is 0.396.